The van der Waals surface area contributed by atoms with Gasteiger partial charge in [-0.3, -0.25) is 4.79 Å². The van der Waals surface area contributed by atoms with Crippen LogP contribution in [0.1, 0.15) is 40.5 Å². The first-order chi connectivity index (χ1) is 6.27. The van der Waals surface area contributed by atoms with E-state index in [0.717, 1.165) is 19.4 Å². The molecule has 1 fully saturated rings. The van der Waals surface area contributed by atoms with E-state index in [0.29, 0.717) is 0 Å². The summed E-state index contributed by atoms with van der Waals surface area (Å²) < 4.78 is 0. The maximum absolute atomic E-state index is 12.2. The normalized spacial score (nSPS) is 27.8. The van der Waals surface area contributed by atoms with Crippen LogP contribution in [0.5, 0.6) is 0 Å². The van der Waals surface area contributed by atoms with Gasteiger partial charge in [-0.1, -0.05) is 0 Å². The maximum Gasteiger partial charge on any atom is 0.242 e. The van der Waals surface area contributed by atoms with Crippen molar-refractivity contribution in [2.45, 2.75) is 51.6 Å². The van der Waals surface area contributed by atoms with Gasteiger partial charge in [-0.25, -0.2) is 0 Å². The summed E-state index contributed by atoms with van der Waals surface area (Å²) in [6.45, 7) is 9.14. The summed E-state index contributed by atoms with van der Waals surface area (Å²) in [7, 11) is 1.88. The van der Waals surface area contributed by atoms with Crippen molar-refractivity contribution in [3.63, 3.8) is 0 Å². The third-order valence-electron chi connectivity index (χ3n) is 3.15. The summed E-state index contributed by atoms with van der Waals surface area (Å²) in [5, 5.41) is 3.29. The first-order valence-electron chi connectivity index (χ1n) is 5.31. The van der Waals surface area contributed by atoms with Gasteiger partial charge in [-0.2, -0.15) is 0 Å². The van der Waals surface area contributed by atoms with Gasteiger partial charge in [0.1, 0.15) is 0 Å². The average Bonchev–Trinajstić information content (AvgIpc) is 2.49. The molecule has 1 unspecified atom stereocenters. The molecule has 3 nitrogen and oxygen atoms in total. The highest BCUT2D eigenvalue weighted by Crippen LogP contribution is 2.24. The predicted octanol–water partition coefficient (Wildman–Crippen LogP) is 1.39. The number of likely N-dealkylation sites (N-methyl/N-ethyl adjacent to an activating group) is 1. The van der Waals surface area contributed by atoms with Crippen LogP contribution in [0.4, 0.5) is 0 Å². The fraction of sp³-hybridized carbons (Fsp3) is 0.909. The van der Waals surface area contributed by atoms with Crippen LogP contribution in [0.25, 0.3) is 0 Å². The third kappa shape index (κ3) is 2.08. The molecule has 14 heavy (non-hydrogen) atoms. The van der Waals surface area contributed by atoms with E-state index in [9.17, 15) is 4.79 Å². The monoisotopic (exact) mass is 198 g/mol. The van der Waals surface area contributed by atoms with Crippen LogP contribution in [-0.2, 0) is 4.79 Å². The molecule has 3 heteroatoms. The second-order valence-corrected chi connectivity index (χ2v) is 5.40. The molecule has 1 aliphatic heterocycles. The molecule has 1 aliphatic rings. The van der Waals surface area contributed by atoms with Crippen LogP contribution in [0, 0.1) is 0 Å². The van der Waals surface area contributed by atoms with E-state index in [1.165, 1.54) is 0 Å². The molecule has 0 aromatic heterocycles. The second-order valence-electron chi connectivity index (χ2n) is 5.40. The van der Waals surface area contributed by atoms with Crippen LogP contribution >= 0.6 is 0 Å². The molecule has 0 aromatic rings. The highest BCUT2D eigenvalue weighted by Gasteiger charge is 2.40. The Morgan fingerprint density at radius 1 is 1.43 bits per heavy atom. The van der Waals surface area contributed by atoms with E-state index in [4.69, 9.17) is 0 Å². The average molecular weight is 198 g/mol. The number of nitrogens with one attached hydrogen (secondary N) is 1. The Morgan fingerprint density at radius 2 is 2.00 bits per heavy atom. The lowest BCUT2D eigenvalue weighted by Crippen LogP contribution is -2.56. The van der Waals surface area contributed by atoms with Gasteiger partial charge >= 0.3 is 0 Å². The molecular weight excluding hydrogens is 176 g/mol. The van der Waals surface area contributed by atoms with E-state index < -0.39 is 0 Å². The number of carbonyl (C=O) groups is 1. The number of hydrogen-bond acceptors (Lipinski definition) is 2. The van der Waals surface area contributed by atoms with Gasteiger partial charge in [0.2, 0.25) is 5.91 Å². The first-order valence-corrected chi connectivity index (χ1v) is 5.31. The van der Waals surface area contributed by atoms with E-state index in [1.54, 1.807) is 0 Å². The van der Waals surface area contributed by atoms with E-state index in [2.05, 4.69) is 26.1 Å². The number of nitrogens with zero attached hydrogens (tertiary/aromatic N) is 1. The summed E-state index contributed by atoms with van der Waals surface area (Å²) in [6.07, 6.45) is 2.05. The van der Waals surface area contributed by atoms with Crippen LogP contribution in [0.2, 0.25) is 0 Å². The van der Waals surface area contributed by atoms with Gasteiger partial charge in [0.25, 0.3) is 0 Å². The molecule has 0 saturated carbocycles. The van der Waals surface area contributed by atoms with Crippen LogP contribution < -0.4 is 5.32 Å². The van der Waals surface area contributed by atoms with Crippen molar-refractivity contribution in [3.8, 4) is 0 Å². The van der Waals surface area contributed by atoms with Crippen LogP contribution in [-0.4, -0.2) is 35.5 Å². The zero-order valence-corrected chi connectivity index (χ0v) is 9.98. The van der Waals surface area contributed by atoms with Crippen LogP contribution in [0.3, 0.4) is 0 Å². The highest BCUT2D eigenvalue weighted by molar-refractivity contribution is 5.86. The fourth-order valence-electron chi connectivity index (χ4n) is 1.75. The predicted molar refractivity (Wildman–Crippen MR) is 58.2 cm³/mol. The van der Waals surface area contributed by atoms with Gasteiger partial charge in [0.15, 0.2) is 0 Å². The Kier molecular flexibility index (Phi) is 2.91. The molecule has 0 radical (unpaired) electrons. The van der Waals surface area contributed by atoms with Gasteiger partial charge < -0.3 is 10.2 Å². The minimum Gasteiger partial charge on any atom is -0.339 e. The van der Waals surface area contributed by atoms with Crippen molar-refractivity contribution >= 4 is 5.91 Å². The SMILES string of the molecule is CN(C(=O)C1(C)CCCN1)C(C)(C)C. The van der Waals surface area contributed by atoms with Crippen molar-refractivity contribution < 1.29 is 4.79 Å². The molecule has 1 N–H and O–H groups in total. The molecule has 1 rings (SSSR count). The van der Waals surface area contributed by atoms with Crippen molar-refractivity contribution in [2.75, 3.05) is 13.6 Å². The maximum atomic E-state index is 12.2. The lowest BCUT2D eigenvalue weighted by atomic mass is 9.95. The third-order valence-corrected chi connectivity index (χ3v) is 3.15. The first kappa shape index (κ1) is 11.5. The van der Waals surface area contributed by atoms with Crippen LogP contribution in [0.15, 0.2) is 0 Å². The van der Waals surface area contributed by atoms with Crippen molar-refractivity contribution in [1.29, 1.82) is 0 Å². The Bertz CT molecular complexity index is 224. The smallest absolute Gasteiger partial charge is 0.242 e. The standard InChI is InChI=1S/C11H22N2O/c1-10(2,3)13(5)9(14)11(4)7-6-8-12-11/h12H,6-8H2,1-5H3. The van der Waals surface area contributed by atoms with Crippen molar-refractivity contribution in [2.24, 2.45) is 0 Å². The lowest BCUT2D eigenvalue weighted by Gasteiger charge is -2.37. The second kappa shape index (κ2) is 3.54. The molecule has 0 bridgehead atoms. The minimum absolute atomic E-state index is 0.0929. The zero-order chi connectivity index (χ0) is 11.0. The number of carbonyl (C=O) groups excluding carboxylic acids is 1. The van der Waals surface area contributed by atoms with Gasteiger partial charge in [0.05, 0.1) is 5.54 Å². The largest absolute Gasteiger partial charge is 0.339 e. The Balaban J connectivity index is 2.74. The Hall–Kier alpha value is -0.570. The quantitative estimate of drug-likeness (QED) is 0.690. The molecule has 1 atom stereocenters. The Labute approximate surface area is 86.9 Å². The molecule has 0 aliphatic carbocycles. The number of amides is 1. The topological polar surface area (TPSA) is 32.3 Å². The highest BCUT2D eigenvalue weighted by atomic mass is 16.2. The van der Waals surface area contributed by atoms with Crippen molar-refractivity contribution in [1.82, 2.24) is 10.2 Å². The molecule has 1 amide bonds. The van der Waals surface area contributed by atoms with E-state index in [-0.39, 0.29) is 17.0 Å². The lowest BCUT2D eigenvalue weighted by molar-refractivity contribution is -0.140. The molecule has 0 aromatic carbocycles. The van der Waals surface area contributed by atoms with Gasteiger partial charge in [0, 0.05) is 12.6 Å². The van der Waals surface area contributed by atoms with Gasteiger partial charge in [-0.05, 0) is 47.1 Å². The van der Waals surface area contributed by atoms with E-state index >= 15 is 0 Å². The summed E-state index contributed by atoms with van der Waals surface area (Å²) in [5.74, 6) is 0.211. The molecule has 0 spiro atoms. The summed E-state index contributed by atoms with van der Waals surface area (Å²) in [4.78, 5) is 14.0. The number of hydrogen-bond donors (Lipinski definition) is 1. The molecule has 1 heterocycles. The molecule has 1 saturated heterocycles. The summed E-state index contributed by atoms with van der Waals surface area (Å²) in [5.41, 5.74) is -0.424. The number of rotatable bonds is 1. The summed E-state index contributed by atoms with van der Waals surface area (Å²) >= 11 is 0. The molecule has 82 valence electrons. The van der Waals surface area contributed by atoms with Gasteiger partial charge in [-0.15, -0.1) is 0 Å². The fourth-order valence-corrected chi connectivity index (χ4v) is 1.75. The van der Waals surface area contributed by atoms with E-state index in [1.807, 2.05) is 18.9 Å². The Morgan fingerprint density at radius 3 is 2.36 bits per heavy atom. The molecular formula is C11H22N2O. The summed E-state index contributed by atoms with van der Waals surface area (Å²) in [6, 6.07) is 0. The zero-order valence-electron chi connectivity index (χ0n) is 9.98. The minimum atomic E-state index is -0.331. The van der Waals surface area contributed by atoms with Crippen molar-refractivity contribution in [3.05, 3.63) is 0 Å².